The monoisotopic (exact) mass is 240 g/mol. The van der Waals surface area contributed by atoms with Crippen molar-refractivity contribution in [1.29, 1.82) is 0 Å². The van der Waals surface area contributed by atoms with Crippen molar-refractivity contribution in [3.05, 3.63) is 34.6 Å². The molecule has 1 aromatic rings. The first-order chi connectivity index (χ1) is 7.65. The Balaban J connectivity index is 1.91. The predicted octanol–water partition coefficient (Wildman–Crippen LogP) is 3.78. The number of carbonyl (C=O) groups excluding carboxylic acids is 1. The van der Waals surface area contributed by atoms with Crippen LogP contribution in [0.15, 0.2) is 18.2 Å². The largest absolute Gasteiger partial charge is 0.299 e. The first kappa shape index (κ1) is 11.6. The molecule has 1 aliphatic carbocycles. The quantitative estimate of drug-likeness (QED) is 0.783. The molecule has 0 radical (unpaired) electrons. The van der Waals surface area contributed by atoms with Crippen molar-refractivity contribution in [1.82, 2.24) is 0 Å². The van der Waals surface area contributed by atoms with E-state index in [4.69, 9.17) is 11.6 Å². The van der Waals surface area contributed by atoms with Gasteiger partial charge in [0, 0.05) is 17.4 Å². The fourth-order valence-electron chi connectivity index (χ4n) is 1.96. The highest BCUT2D eigenvalue weighted by molar-refractivity contribution is 6.30. The Kier molecular flexibility index (Phi) is 3.59. The molecule has 3 heteroatoms. The molecule has 0 atom stereocenters. The van der Waals surface area contributed by atoms with Gasteiger partial charge < -0.3 is 0 Å². The number of carbonyl (C=O) groups is 1. The van der Waals surface area contributed by atoms with Gasteiger partial charge in [-0.3, -0.25) is 4.79 Å². The minimum absolute atomic E-state index is 0.268. The number of aryl methyl sites for hydroxylation is 1. The standard InChI is InChI=1S/C13H14ClFO/c14-11-6-9(7-12(15)8-11)4-5-13(16)10-2-1-3-10/h6-8,10H,1-5H2. The van der Waals surface area contributed by atoms with Crippen LogP contribution in [0.3, 0.4) is 0 Å². The van der Waals surface area contributed by atoms with Gasteiger partial charge in [-0.2, -0.15) is 0 Å². The van der Waals surface area contributed by atoms with Crippen LogP contribution in [0.1, 0.15) is 31.2 Å². The lowest BCUT2D eigenvalue weighted by Gasteiger charge is -2.23. The molecule has 0 aliphatic heterocycles. The molecule has 0 saturated heterocycles. The van der Waals surface area contributed by atoms with Crippen LogP contribution < -0.4 is 0 Å². The normalized spacial score (nSPS) is 15.9. The number of benzene rings is 1. The lowest BCUT2D eigenvalue weighted by molar-refractivity contribution is -0.125. The van der Waals surface area contributed by atoms with Crippen LogP contribution in [0.2, 0.25) is 5.02 Å². The van der Waals surface area contributed by atoms with Gasteiger partial charge in [-0.05, 0) is 43.0 Å². The summed E-state index contributed by atoms with van der Waals surface area (Å²) in [6.45, 7) is 0. The number of Topliss-reactive ketones (excluding diaryl/α,β-unsaturated/α-hetero) is 1. The van der Waals surface area contributed by atoms with Crippen molar-refractivity contribution in [3.8, 4) is 0 Å². The Morgan fingerprint density at radius 1 is 1.38 bits per heavy atom. The maximum Gasteiger partial charge on any atom is 0.136 e. The summed E-state index contributed by atoms with van der Waals surface area (Å²) in [5, 5.41) is 0.395. The zero-order valence-electron chi connectivity index (χ0n) is 9.01. The third-order valence-corrected chi connectivity index (χ3v) is 3.36. The van der Waals surface area contributed by atoms with E-state index < -0.39 is 0 Å². The molecule has 0 N–H and O–H groups in total. The van der Waals surface area contributed by atoms with E-state index in [0.29, 0.717) is 23.6 Å². The second-order valence-electron chi connectivity index (χ2n) is 4.37. The second kappa shape index (κ2) is 4.96. The zero-order valence-corrected chi connectivity index (χ0v) is 9.77. The molecule has 0 spiro atoms. The van der Waals surface area contributed by atoms with Crippen LogP contribution >= 0.6 is 11.6 Å². The molecular weight excluding hydrogens is 227 g/mol. The van der Waals surface area contributed by atoms with E-state index in [1.807, 2.05) is 0 Å². The maximum atomic E-state index is 13.0. The minimum Gasteiger partial charge on any atom is -0.299 e. The van der Waals surface area contributed by atoms with Gasteiger partial charge in [-0.1, -0.05) is 18.0 Å². The molecule has 1 aliphatic rings. The van der Waals surface area contributed by atoms with Crippen LogP contribution in [0.4, 0.5) is 4.39 Å². The van der Waals surface area contributed by atoms with Gasteiger partial charge in [0.2, 0.25) is 0 Å². The fraction of sp³-hybridized carbons (Fsp3) is 0.462. The highest BCUT2D eigenvalue weighted by Crippen LogP contribution is 2.28. The molecule has 1 fully saturated rings. The maximum absolute atomic E-state index is 13.0. The van der Waals surface area contributed by atoms with Crippen molar-refractivity contribution in [2.24, 2.45) is 5.92 Å². The van der Waals surface area contributed by atoms with E-state index in [2.05, 4.69) is 0 Å². The number of ketones is 1. The molecule has 0 amide bonds. The number of halogens is 2. The molecule has 0 heterocycles. The molecule has 16 heavy (non-hydrogen) atoms. The Hall–Kier alpha value is -0.890. The molecule has 0 unspecified atom stereocenters. The summed E-state index contributed by atoms with van der Waals surface area (Å²) in [5.41, 5.74) is 0.803. The fourth-order valence-corrected chi connectivity index (χ4v) is 2.20. The van der Waals surface area contributed by atoms with E-state index in [-0.39, 0.29) is 11.7 Å². The molecule has 0 bridgehead atoms. The van der Waals surface area contributed by atoms with E-state index in [1.54, 1.807) is 6.07 Å². The molecule has 1 aromatic carbocycles. The lowest BCUT2D eigenvalue weighted by atomic mass is 9.80. The number of hydrogen-bond donors (Lipinski definition) is 0. The van der Waals surface area contributed by atoms with Crippen molar-refractivity contribution < 1.29 is 9.18 Å². The SMILES string of the molecule is O=C(CCc1cc(F)cc(Cl)c1)C1CCC1. The van der Waals surface area contributed by atoms with Crippen LogP contribution in [0.5, 0.6) is 0 Å². The summed E-state index contributed by atoms with van der Waals surface area (Å²) in [6.07, 6.45) is 4.32. The van der Waals surface area contributed by atoms with Gasteiger partial charge in [0.15, 0.2) is 0 Å². The predicted molar refractivity (Wildman–Crippen MR) is 62.1 cm³/mol. The summed E-state index contributed by atoms with van der Waals surface area (Å²) in [4.78, 5) is 11.6. The first-order valence-electron chi connectivity index (χ1n) is 5.63. The van der Waals surface area contributed by atoms with Gasteiger partial charge in [0.1, 0.15) is 11.6 Å². The van der Waals surface area contributed by atoms with E-state index >= 15 is 0 Å². The van der Waals surface area contributed by atoms with Crippen LogP contribution in [-0.4, -0.2) is 5.78 Å². The number of rotatable bonds is 4. The minimum atomic E-state index is -0.335. The average molecular weight is 241 g/mol. The van der Waals surface area contributed by atoms with Gasteiger partial charge in [-0.15, -0.1) is 0 Å². The van der Waals surface area contributed by atoms with Crippen molar-refractivity contribution in [2.75, 3.05) is 0 Å². The van der Waals surface area contributed by atoms with E-state index in [0.717, 1.165) is 18.4 Å². The topological polar surface area (TPSA) is 17.1 Å². The Morgan fingerprint density at radius 3 is 2.69 bits per heavy atom. The van der Waals surface area contributed by atoms with Gasteiger partial charge in [-0.25, -0.2) is 4.39 Å². The molecular formula is C13H14ClFO. The van der Waals surface area contributed by atoms with Crippen molar-refractivity contribution in [2.45, 2.75) is 32.1 Å². The summed E-state index contributed by atoms with van der Waals surface area (Å²) < 4.78 is 13.0. The van der Waals surface area contributed by atoms with Gasteiger partial charge >= 0.3 is 0 Å². The van der Waals surface area contributed by atoms with E-state index in [9.17, 15) is 9.18 Å². The number of hydrogen-bond acceptors (Lipinski definition) is 1. The zero-order chi connectivity index (χ0) is 11.5. The molecule has 86 valence electrons. The molecule has 1 nitrogen and oxygen atoms in total. The summed E-state index contributed by atoms with van der Waals surface area (Å²) in [7, 11) is 0. The Morgan fingerprint density at radius 2 is 2.12 bits per heavy atom. The molecule has 0 aromatic heterocycles. The van der Waals surface area contributed by atoms with E-state index in [1.165, 1.54) is 18.6 Å². The second-order valence-corrected chi connectivity index (χ2v) is 4.81. The first-order valence-corrected chi connectivity index (χ1v) is 6.00. The third kappa shape index (κ3) is 2.82. The summed E-state index contributed by atoms with van der Waals surface area (Å²) >= 11 is 5.74. The molecule has 1 saturated carbocycles. The lowest BCUT2D eigenvalue weighted by Crippen LogP contribution is -2.22. The average Bonchev–Trinajstić information content (AvgIpc) is 2.10. The third-order valence-electron chi connectivity index (χ3n) is 3.14. The summed E-state index contributed by atoms with van der Waals surface area (Å²) in [5.74, 6) is 0.245. The van der Waals surface area contributed by atoms with Crippen LogP contribution in [0, 0.1) is 11.7 Å². The Labute approximate surface area is 99.6 Å². The Bertz CT molecular complexity index is 379. The summed E-state index contributed by atoms with van der Waals surface area (Å²) in [6, 6.07) is 4.44. The van der Waals surface area contributed by atoms with Gasteiger partial charge in [0.25, 0.3) is 0 Å². The van der Waals surface area contributed by atoms with Crippen molar-refractivity contribution >= 4 is 17.4 Å². The van der Waals surface area contributed by atoms with Crippen LogP contribution in [-0.2, 0) is 11.2 Å². The highest BCUT2D eigenvalue weighted by atomic mass is 35.5. The highest BCUT2D eigenvalue weighted by Gasteiger charge is 2.24. The van der Waals surface area contributed by atoms with Gasteiger partial charge in [0.05, 0.1) is 0 Å². The van der Waals surface area contributed by atoms with Crippen LogP contribution in [0.25, 0.3) is 0 Å². The smallest absolute Gasteiger partial charge is 0.136 e. The van der Waals surface area contributed by atoms with Crippen molar-refractivity contribution in [3.63, 3.8) is 0 Å². The molecule has 2 rings (SSSR count).